The Bertz CT molecular complexity index is 1710. The van der Waals surface area contributed by atoms with E-state index in [0.717, 1.165) is 17.2 Å². The van der Waals surface area contributed by atoms with Gasteiger partial charge in [0.2, 0.25) is 15.9 Å². The molecule has 1 aliphatic heterocycles. The number of hydrogen-bond donors (Lipinski definition) is 1. The molecule has 0 fully saturated rings. The second-order valence-corrected chi connectivity index (χ2v) is 10.9. The van der Waals surface area contributed by atoms with Crippen LogP contribution in [0, 0.1) is 13.8 Å². The number of amides is 1. The average Bonchev–Trinajstić information content (AvgIpc) is 2.92. The SMILES string of the molecule is Cc1ccc(C)c(NC(=O)C(OC(=O)c2ccc3c(c2)S(=O)(=O)c2ccccc2C3=O)c2ccccc2)c1. The molecule has 1 atom stereocenters. The molecule has 0 saturated heterocycles. The zero-order valence-corrected chi connectivity index (χ0v) is 21.4. The number of ether oxygens (including phenoxy) is 1. The quantitative estimate of drug-likeness (QED) is 0.316. The highest BCUT2D eigenvalue weighted by Gasteiger charge is 2.35. The van der Waals surface area contributed by atoms with Crippen LogP contribution in [0.5, 0.6) is 0 Å². The molecule has 1 N–H and O–H groups in total. The van der Waals surface area contributed by atoms with Gasteiger partial charge in [0.05, 0.1) is 15.4 Å². The first-order valence-corrected chi connectivity index (χ1v) is 13.3. The fourth-order valence-electron chi connectivity index (χ4n) is 4.36. The minimum Gasteiger partial charge on any atom is -0.444 e. The second-order valence-electron chi connectivity index (χ2n) is 9.04. The number of carbonyl (C=O) groups is 3. The average molecular weight is 526 g/mol. The maximum absolute atomic E-state index is 13.3. The summed E-state index contributed by atoms with van der Waals surface area (Å²) in [7, 11) is -4.04. The molecule has 1 unspecified atom stereocenters. The van der Waals surface area contributed by atoms with Crippen LogP contribution in [0.15, 0.2) is 101 Å². The fourth-order valence-corrected chi connectivity index (χ4v) is 6.03. The van der Waals surface area contributed by atoms with E-state index in [2.05, 4.69) is 5.32 Å². The van der Waals surface area contributed by atoms with Crippen LogP contribution in [0.1, 0.15) is 49.1 Å². The summed E-state index contributed by atoms with van der Waals surface area (Å²) < 4.78 is 32.2. The molecule has 1 amide bonds. The van der Waals surface area contributed by atoms with Gasteiger partial charge in [0.1, 0.15) is 0 Å². The van der Waals surface area contributed by atoms with Gasteiger partial charge in [0, 0.05) is 22.4 Å². The lowest BCUT2D eigenvalue weighted by atomic mass is 10.0. The van der Waals surface area contributed by atoms with Gasteiger partial charge in [-0.05, 0) is 61.4 Å². The number of sulfone groups is 1. The smallest absolute Gasteiger partial charge is 0.339 e. The number of rotatable bonds is 5. The predicted octanol–water partition coefficient (Wildman–Crippen LogP) is 5.22. The van der Waals surface area contributed by atoms with Crippen molar-refractivity contribution in [3.63, 3.8) is 0 Å². The Kier molecular flexibility index (Phi) is 6.42. The van der Waals surface area contributed by atoms with E-state index in [-0.39, 0.29) is 26.5 Å². The molecule has 5 rings (SSSR count). The van der Waals surface area contributed by atoms with Crippen LogP contribution in [0.2, 0.25) is 0 Å². The number of hydrogen-bond acceptors (Lipinski definition) is 6. The van der Waals surface area contributed by atoms with Gasteiger partial charge in [0.15, 0.2) is 5.78 Å². The Morgan fingerprint density at radius 3 is 2.24 bits per heavy atom. The standard InChI is InChI=1S/C30H23NO6S/c1-18-12-13-19(2)24(16-18)31-29(33)28(20-8-4-3-5-9-20)37-30(34)21-14-15-23-26(17-21)38(35,36)25-11-7-6-10-22(25)27(23)32/h3-17,28H,1-2H3,(H,31,33). The summed E-state index contributed by atoms with van der Waals surface area (Å²) in [6, 6.07) is 23.9. The van der Waals surface area contributed by atoms with Crippen LogP contribution in [-0.2, 0) is 19.4 Å². The molecule has 0 aliphatic carbocycles. The van der Waals surface area contributed by atoms with E-state index in [1.165, 1.54) is 30.3 Å². The van der Waals surface area contributed by atoms with Crippen LogP contribution in [0.3, 0.4) is 0 Å². The van der Waals surface area contributed by atoms with Crippen LogP contribution < -0.4 is 5.32 Å². The summed E-state index contributed by atoms with van der Waals surface area (Å²) in [6.45, 7) is 3.75. The molecule has 0 spiro atoms. The van der Waals surface area contributed by atoms with Gasteiger partial charge < -0.3 is 10.1 Å². The van der Waals surface area contributed by atoms with Gasteiger partial charge in [-0.15, -0.1) is 0 Å². The summed E-state index contributed by atoms with van der Waals surface area (Å²) in [5, 5.41) is 2.83. The van der Waals surface area contributed by atoms with Crippen molar-refractivity contribution in [3.8, 4) is 0 Å². The zero-order valence-electron chi connectivity index (χ0n) is 20.6. The lowest BCUT2D eigenvalue weighted by Gasteiger charge is -2.21. The molecule has 4 aromatic carbocycles. The van der Waals surface area contributed by atoms with E-state index in [1.54, 1.807) is 36.4 Å². The Hall–Kier alpha value is -4.56. The summed E-state index contributed by atoms with van der Waals surface area (Å²) in [5.74, 6) is -1.91. The van der Waals surface area contributed by atoms with Gasteiger partial charge in [-0.3, -0.25) is 9.59 Å². The molecule has 4 aromatic rings. The Balaban J connectivity index is 1.48. The van der Waals surface area contributed by atoms with Crippen molar-refractivity contribution in [2.24, 2.45) is 0 Å². The predicted molar refractivity (Wildman–Crippen MR) is 141 cm³/mol. The number of esters is 1. The zero-order chi connectivity index (χ0) is 27.0. The lowest BCUT2D eigenvalue weighted by Crippen LogP contribution is -2.26. The molecular weight excluding hydrogens is 502 g/mol. The number of carbonyl (C=O) groups excluding carboxylic acids is 3. The van der Waals surface area contributed by atoms with Crippen molar-refractivity contribution in [2.75, 3.05) is 5.32 Å². The molecule has 38 heavy (non-hydrogen) atoms. The maximum Gasteiger partial charge on any atom is 0.339 e. The van der Waals surface area contributed by atoms with Gasteiger partial charge >= 0.3 is 5.97 Å². The van der Waals surface area contributed by atoms with Gasteiger partial charge in [-0.25, -0.2) is 13.2 Å². The maximum atomic E-state index is 13.3. The minimum atomic E-state index is -4.04. The van der Waals surface area contributed by atoms with E-state index in [1.807, 2.05) is 32.0 Å². The molecular formula is C30H23NO6S. The summed E-state index contributed by atoms with van der Waals surface area (Å²) >= 11 is 0. The summed E-state index contributed by atoms with van der Waals surface area (Å²) in [5.41, 5.74) is 2.79. The van der Waals surface area contributed by atoms with Crippen molar-refractivity contribution in [1.29, 1.82) is 0 Å². The fraction of sp³-hybridized carbons (Fsp3) is 0.100. The van der Waals surface area contributed by atoms with Crippen LogP contribution in [-0.4, -0.2) is 26.1 Å². The van der Waals surface area contributed by atoms with Crippen LogP contribution in [0.25, 0.3) is 0 Å². The van der Waals surface area contributed by atoms with Crippen molar-refractivity contribution < 1.29 is 27.5 Å². The van der Waals surface area contributed by atoms with Crippen LogP contribution >= 0.6 is 0 Å². The number of ketones is 1. The molecule has 0 radical (unpaired) electrons. The second kappa shape index (κ2) is 9.72. The molecule has 8 heteroatoms. The molecule has 1 heterocycles. The van der Waals surface area contributed by atoms with E-state index in [4.69, 9.17) is 4.74 Å². The summed E-state index contributed by atoms with van der Waals surface area (Å²) in [4.78, 5) is 39.1. The summed E-state index contributed by atoms with van der Waals surface area (Å²) in [6.07, 6.45) is -1.31. The monoisotopic (exact) mass is 525 g/mol. The molecule has 0 aromatic heterocycles. The van der Waals surface area contributed by atoms with Gasteiger partial charge in [-0.2, -0.15) is 0 Å². The van der Waals surface area contributed by atoms with E-state index < -0.39 is 33.6 Å². The van der Waals surface area contributed by atoms with E-state index in [0.29, 0.717) is 11.3 Å². The minimum absolute atomic E-state index is 0.0208. The van der Waals surface area contributed by atoms with Gasteiger partial charge in [-0.1, -0.05) is 54.6 Å². The normalized spacial score (nSPS) is 14.1. The van der Waals surface area contributed by atoms with E-state index in [9.17, 15) is 22.8 Å². The van der Waals surface area contributed by atoms with Crippen molar-refractivity contribution in [1.82, 2.24) is 0 Å². The molecule has 0 saturated carbocycles. The highest BCUT2D eigenvalue weighted by molar-refractivity contribution is 7.91. The molecule has 1 aliphatic rings. The number of anilines is 1. The Morgan fingerprint density at radius 1 is 0.789 bits per heavy atom. The third-order valence-electron chi connectivity index (χ3n) is 6.39. The Labute approximate surface area is 220 Å². The number of benzene rings is 4. The van der Waals surface area contributed by atoms with Crippen molar-refractivity contribution in [2.45, 2.75) is 29.7 Å². The third-order valence-corrected chi connectivity index (χ3v) is 8.24. The first-order valence-electron chi connectivity index (χ1n) is 11.8. The third kappa shape index (κ3) is 4.50. The largest absolute Gasteiger partial charge is 0.444 e. The Morgan fingerprint density at radius 2 is 1.47 bits per heavy atom. The van der Waals surface area contributed by atoms with Crippen LogP contribution in [0.4, 0.5) is 5.69 Å². The highest BCUT2D eigenvalue weighted by Crippen LogP contribution is 2.35. The lowest BCUT2D eigenvalue weighted by molar-refractivity contribution is -0.125. The first kappa shape index (κ1) is 25.1. The van der Waals surface area contributed by atoms with Crippen molar-refractivity contribution >= 4 is 33.2 Å². The number of fused-ring (bicyclic) bond motifs is 2. The topological polar surface area (TPSA) is 107 Å². The molecule has 7 nitrogen and oxygen atoms in total. The number of aryl methyl sites for hydroxylation is 2. The van der Waals surface area contributed by atoms with E-state index >= 15 is 0 Å². The number of nitrogens with one attached hydrogen (secondary N) is 1. The first-order chi connectivity index (χ1) is 18.2. The van der Waals surface area contributed by atoms with Crippen molar-refractivity contribution in [3.05, 3.63) is 124 Å². The molecule has 190 valence electrons. The molecule has 0 bridgehead atoms. The van der Waals surface area contributed by atoms with Gasteiger partial charge in [0.25, 0.3) is 5.91 Å². The highest BCUT2D eigenvalue weighted by atomic mass is 32.2.